The van der Waals surface area contributed by atoms with Crippen LogP contribution < -0.4 is 9.47 Å². The molecule has 0 aromatic heterocycles. The van der Waals surface area contributed by atoms with Crippen LogP contribution in [0.4, 0.5) is 0 Å². The van der Waals surface area contributed by atoms with Gasteiger partial charge < -0.3 is 9.47 Å². The van der Waals surface area contributed by atoms with E-state index >= 15 is 0 Å². The van der Waals surface area contributed by atoms with Gasteiger partial charge in [-0.15, -0.1) is 0 Å². The molecule has 5 rings (SSSR count). The lowest BCUT2D eigenvalue weighted by atomic mass is 9.67. The third-order valence-electron chi connectivity index (χ3n) is 7.85. The number of ether oxygens (including phenoxy) is 2. The summed E-state index contributed by atoms with van der Waals surface area (Å²) < 4.78 is 42.8. The van der Waals surface area contributed by atoms with E-state index in [1.54, 1.807) is 0 Å². The highest BCUT2D eigenvalue weighted by Gasteiger charge is 2.46. The van der Waals surface area contributed by atoms with Crippen LogP contribution in [0.2, 0.25) is 0 Å². The minimum atomic E-state index is -3.94. The van der Waals surface area contributed by atoms with Crippen LogP contribution in [0.1, 0.15) is 66.0 Å². The predicted molar refractivity (Wildman–Crippen MR) is 165 cm³/mol. The molecule has 0 unspecified atom stereocenters. The van der Waals surface area contributed by atoms with Gasteiger partial charge in [0, 0.05) is 0 Å². The van der Waals surface area contributed by atoms with Crippen LogP contribution in [0, 0.1) is 13.8 Å². The predicted octanol–water partition coefficient (Wildman–Crippen LogP) is 7.89. The van der Waals surface area contributed by atoms with Crippen molar-refractivity contribution in [3.63, 3.8) is 0 Å². The van der Waals surface area contributed by atoms with Crippen molar-refractivity contribution in [2.45, 2.75) is 51.9 Å². The van der Waals surface area contributed by atoms with Crippen LogP contribution in [0.5, 0.6) is 11.5 Å². The lowest BCUT2D eigenvalue weighted by Gasteiger charge is -2.34. The molecule has 0 spiro atoms. The molecule has 4 aromatic carbocycles. The molecular formula is C35H38O5S. The fraction of sp³-hybridized carbons (Fsp3) is 0.314. The molecule has 0 aliphatic heterocycles. The van der Waals surface area contributed by atoms with Gasteiger partial charge in [-0.05, 0) is 90.8 Å². The third-order valence-corrected chi connectivity index (χ3v) is 8.66. The number of fused-ring (bicyclic) bond motifs is 3. The molecule has 0 bridgehead atoms. The Labute approximate surface area is 243 Å². The van der Waals surface area contributed by atoms with E-state index in [1.165, 1.54) is 38.9 Å². The van der Waals surface area contributed by atoms with E-state index in [4.69, 9.17) is 14.0 Å². The Kier molecular flexibility index (Phi) is 8.52. The Morgan fingerprint density at radius 2 is 1.12 bits per heavy atom. The summed E-state index contributed by atoms with van der Waals surface area (Å²) in [4.78, 5) is 0. The third kappa shape index (κ3) is 6.04. The Hall–Kier alpha value is -3.61. The molecular weight excluding hydrogens is 532 g/mol. The maximum atomic E-state index is 11.0. The molecule has 6 heteroatoms. The highest BCUT2D eigenvalue weighted by molar-refractivity contribution is 7.85. The van der Waals surface area contributed by atoms with Crippen molar-refractivity contribution in [3.8, 4) is 22.6 Å². The molecule has 1 N–H and O–H groups in total. The molecule has 1 aliphatic rings. The molecule has 0 fully saturated rings. The summed E-state index contributed by atoms with van der Waals surface area (Å²) in [5.41, 5.74) is 9.24. The number of hydrogen-bond acceptors (Lipinski definition) is 4. The number of hydrogen-bond donors (Lipinski definition) is 1. The van der Waals surface area contributed by atoms with E-state index in [0.29, 0.717) is 26.1 Å². The number of rotatable bonds is 12. The second-order valence-electron chi connectivity index (χ2n) is 10.9. The zero-order chi connectivity index (χ0) is 29.0. The van der Waals surface area contributed by atoms with Gasteiger partial charge in [0.25, 0.3) is 10.1 Å². The highest BCUT2D eigenvalue weighted by Crippen LogP contribution is 2.56. The monoisotopic (exact) mass is 570 g/mol. The molecule has 214 valence electrons. The van der Waals surface area contributed by atoms with Crippen LogP contribution >= 0.6 is 0 Å². The molecule has 0 saturated heterocycles. The largest absolute Gasteiger partial charge is 0.494 e. The SMILES string of the molecule is CCCCOc1ccc(C2(c3ccc(OCCCCS(=O)(=O)O)cc3)c3cc(C)ccc3-c3ccc(C)cc32)cc1. The van der Waals surface area contributed by atoms with Crippen molar-refractivity contribution in [2.24, 2.45) is 0 Å². The standard InChI is InChI=1S/C35H38O5S/c1-4-5-20-39-29-14-10-27(11-15-29)35(28-12-16-30(17-13-28)40-21-6-7-22-41(36,37)38)33-23-25(2)8-18-31(33)32-19-9-26(3)24-34(32)35/h8-19,23-24H,4-7,20-22H2,1-3H3,(H,36,37,38). The number of aryl methyl sites for hydroxylation is 2. The van der Waals surface area contributed by atoms with E-state index in [1.807, 2.05) is 12.1 Å². The van der Waals surface area contributed by atoms with Crippen molar-refractivity contribution in [1.29, 1.82) is 0 Å². The topological polar surface area (TPSA) is 72.8 Å². The van der Waals surface area contributed by atoms with Crippen LogP contribution in [0.15, 0.2) is 84.9 Å². The Balaban J connectivity index is 1.56. The lowest BCUT2D eigenvalue weighted by molar-refractivity contribution is 0.309. The lowest BCUT2D eigenvalue weighted by Crippen LogP contribution is -2.28. The summed E-state index contributed by atoms with van der Waals surface area (Å²) in [6.45, 7) is 7.53. The van der Waals surface area contributed by atoms with E-state index in [0.717, 1.165) is 29.9 Å². The minimum Gasteiger partial charge on any atom is -0.494 e. The quantitative estimate of drug-likeness (QED) is 0.122. The van der Waals surface area contributed by atoms with E-state index in [2.05, 4.69) is 93.6 Å². The van der Waals surface area contributed by atoms with Crippen molar-refractivity contribution >= 4 is 10.1 Å². The smallest absolute Gasteiger partial charge is 0.264 e. The van der Waals surface area contributed by atoms with Gasteiger partial charge in [0.15, 0.2) is 0 Å². The zero-order valence-electron chi connectivity index (χ0n) is 24.0. The molecule has 0 atom stereocenters. The van der Waals surface area contributed by atoms with E-state index in [-0.39, 0.29) is 5.75 Å². The number of unbranched alkanes of at least 4 members (excludes halogenated alkanes) is 2. The first-order valence-electron chi connectivity index (χ1n) is 14.4. The normalized spacial score (nSPS) is 13.5. The van der Waals surface area contributed by atoms with Crippen LogP contribution in [-0.4, -0.2) is 31.9 Å². The van der Waals surface area contributed by atoms with Gasteiger partial charge in [-0.1, -0.05) is 85.1 Å². The fourth-order valence-corrected chi connectivity index (χ4v) is 6.42. The maximum Gasteiger partial charge on any atom is 0.264 e. The summed E-state index contributed by atoms with van der Waals surface area (Å²) >= 11 is 0. The molecule has 0 radical (unpaired) electrons. The molecule has 5 nitrogen and oxygen atoms in total. The minimum absolute atomic E-state index is 0.252. The second kappa shape index (κ2) is 12.1. The Morgan fingerprint density at radius 1 is 0.659 bits per heavy atom. The van der Waals surface area contributed by atoms with Gasteiger partial charge in [0.05, 0.1) is 24.4 Å². The summed E-state index contributed by atoms with van der Waals surface area (Å²) in [5, 5.41) is 0. The van der Waals surface area contributed by atoms with E-state index in [9.17, 15) is 8.42 Å². The highest BCUT2D eigenvalue weighted by atomic mass is 32.2. The molecule has 41 heavy (non-hydrogen) atoms. The fourth-order valence-electron chi connectivity index (χ4n) is 5.85. The summed E-state index contributed by atoms with van der Waals surface area (Å²) in [6.07, 6.45) is 3.01. The van der Waals surface area contributed by atoms with Gasteiger partial charge >= 0.3 is 0 Å². The first kappa shape index (κ1) is 28.9. The zero-order valence-corrected chi connectivity index (χ0v) is 24.8. The van der Waals surface area contributed by atoms with Crippen LogP contribution in [0.3, 0.4) is 0 Å². The first-order valence-corrected chi connectivity index (χ1v) is 16.0. The molecule has 4 aromatic rings. The summed E-state index contributed by atoms with van der Waals surface area (Å²) in [5.74, 6) is 1.35. The van der Waals surface area contributed by atoms with Gasteiger partial charge in [-0.3, -0.25) is 4.55 Å². The van der Waals surface area contributed by atoms with Crippen LogP contribution in [-0.2, 0) is 15.5 Å². The first-order chi connectivity index (χ1) is 19.7. The maximum absolute atomic E-state index is 11.0. The average molecular weight is 571 g/mol. The van der Waals surface area contributed by atoms with Gasteiger partial charge in [-0.2, -0.15) is 8.42 Å². The molecule has 1 aliphatic carbocycles. The summed E-state index contributed by atoms with van der Waals surface area (Å²) in [6, 6.07) is 30.3. The average Bonchev–Trinajstić information content (AvgIpc) is 3.22. The van der Waals surface area contributed by atoms with Gasteiger partial charge in [0.1, 0.15) is 11.5 Å². The van der Waals surface area contributed by atoms with E-state index < -0.39 is 15.5 Å². The van der Waals surface area contributed by atoms with Crippen LogP contribution in [0.25, 0.3) is 11.1 Å². The van der Waals surface area contributed by atoms with Crippen molar-refractivity contribution in [1.82, 2.24) is 0 Å². The van der Waals surface area contributed by atoms with Crippen molar-refractivity contribution in [2.75, 3.05) is 19.0 Å². The molecule has 0 heterocycles. The van der Waals surface area contributed by atoms with Gasteiger partial charge in [0.2, 0.25) is 0 Å². The Bertz CT molecular complexity index is 1550. The number of benzene rings is 4. The van der Waals surface area contributed by atoms with Gasteiger partial charge in [-0.25, -0.2) is 0 Å². The molecule has 0 amide bonds. The summed E-state index contributed by atoms with van der Waals surface area (Å²) in [7, 11) is -3.94. The Morgan fingerprint density at radius 3 is 1.56 bits per heavy atom. The van der Waals surface area contributed by atoms with Crippen molar-refractivity contribution in [3.05, 3.63) is 118 Å². The molecule has 0 saturated carbocycles. The van der Waals surface area contributed by atoms with Crippen molar-refractivity contribution < 1.29 is 22.4 Å². The second-order valence-corrected chi connectivity index (χ2v) is 12.5.